The quantitative estimate of drug-likeness (QED) is 0.657. The molecule has 0 aliphatic rings. The second kappa shape index (κ2) is 8.08. The van der Waals surface area contributed by atoms with Crippen LogP contribution in [0.5, 0.6) is 0 Å². The van der Waals surface area contributed by atoms with Crippen LogP contribution in [0.25, 0.3) is 10.9 Å². The number of benzene rings is 2. The molecule has 140 valence electrons. The fourth-order valence-corrected chi connectivity index (χ4v) is 3.43. The van der Waals surface area contributed by atoms with Crippen LogP contribution in [0.15, 0.2) is 42.6 Å². The molecule has 0 radical (unpaired) electrons. The maximum atomic E-state index is 12.3. The Hall–Kier alpha value is -3.08. The van der Waals surface area contributed by atoms with Crippen LogP contribution in [-0.2, 0) is 16.0 Å². The largest absolute Gasteiger partial charge is 0.452 e. The number of nitrogens with one attached hydrogen (secondary N) is 2. The SMILES string of the molecule is Cc1cc(C)c(C(=O)OCC(=O)NCCc2c[nH]c3ccccc23)c(C)c1. The number of H-pyrrole nitrogens is 1. The van der Waals surface area contributed by atoms with E-state index in [9.17, 15) is 9.59 Å². The molecule has 1 heterocycles. The van der Waals surface area contributed by atoms with Crippen molar-refractivity contribution >= 4 is 22.8 Å². The molecule has 0 spiro atoms. The first-order valence-corrected chi connectivity index (χ1v) is 9.02. The lowest BCUT2D eigenvalue weighted by Gasteiger charge is -2.11. The normalized spacial score (nSPS) is 10.8. The Kier molecular flexibility index (Phi) is 5.60. The molecule has 1 aromatic heterocycles. The van der Waals surface area contributed by atoms with E-state index in [2.05, 4.69) is 16.4 Å². The molecule has 0 saturated carbocycles. The Morgan fingerprint density at radius 1 is 1.07 bits per heavy atom. The van der Waals surface area contributed by atoms with E-state index >= 15 is 0 Å². The van der Waals surface area contributed by atoms with Gasteiger partial charge in [0.15, 0.2) is 6.61 Å². The molecular formula is C22H24N2O3. The number of ether oxygens (including phenoxy) is 1. The van der Waals surface area contributed by atoms with E-state index in [1.165, 1.54) is 0 Å². The Morgan fingerprint density at radius 2 is 1.78 bits per heavy atom. The predicted molar refractivity (Wildman–Crippen MR) is 106 cm³/mol. The maximum Gasteiger partial charge on any atom is 0.339 e. The summed E-state index contributed by atoms with van der Waals surface area (Å²) in [6, 6.07) is 11.9. The first-order chi connectivity index (χ1) is 13.0. The van der Waals surface area contributed by atoms with Crippen molar-refractivity contribution in [3.05, 3.63) is 70.4 Å². The van der Waals surface area contributed by atoms with Crippen molar-refractivity contribution in [3.8, 4) is 0 Å². The van der Waals surface area contributed by atoms with E-state index in [1.54, 1.807) is 0 Å². The number of aromatic nitrogens is 1. The molecule has 5 heteroatoms. The summed E-state index contributed by atoms with van der Waals surface area (Å²) >= 11 is 0. The van der Waals surface area contributed by atoms with E-state index in [1.807, 2.05) is 57.3 Å². The van der Waals surface area contributed by atoms with Gasteiger partial charge in [-0.3, -0.25) is 4.79 Å². The fraction of sp³-hybridized carbons (Fsp3) is 0.273. The second-order valence-electron chi connectivity index (χ2n) is 6.81. The minimum Gasteiger partial charge on any atom is -0.452 e. The zero-order chi connectivity index (χ0) is 19.4. The van der Waals surface area contributed by atoms with Crippen LogP contribution in [0.4, 0.5) is 0 Å². The molecular weight excluding hydrogens is 340 g/mol. The number of hydrogen-bond acceptors (Lipinski definition) is 3. The van der Waals surface area contributed by atoms with Crippen LogP contribution in [0.1, 0.15) is 32.6 Å². The van der Waals surface area contributed by atoms with Gasteiger partial charge in [-0.2, -0.15) is 0 Å². The highest BCUT2D eigenvalue weighted by atomic mass is 16.5. The first kappa shape index (κ1) is 18.7. The molecule has 0 bridgehead atoms. The molecule has 0 aliphatic carbocycles. The van der Waals surface area contributed by atoms with E-state index in [0.717, 1.165) is 33.2 Å². The Balaban J connectivity index is 1.49. The van der Waals surface area contributed by atoms with Gasteiger partial charge in [-0.15, -0.1) is 0 Å². The maximum absolute atomic E-state index is 12.3. The van der Waals surface area contributed by atoms with Gasteiger partial charge in [-0.05, 0) is 49.9 Å². The Labute approximate surface area is 158 Å². The molecule has 3 rings (SSSR count). The van der Waals surface area contributed by atoms with E-state index in [4.69, 9.17) is 4.74 Å². The average Bonchev–Trinajstić information content (AvgIpc) is 3.02. The van der Waals surface area contributed by atoms with Gasteiger partial charge in [-0.25, -0.2) is 4.79 Å². The van der Waals surface area contributed by atoms with Crippen molar-refractivity contribution in [2.75, 3.05) is 13.2 Å². The molecule has 2 N–H and O–H groups in total. The van der Waals surface area contributed by atoms with E-state index < -0.39 is 5.97 Å². The summed E-state index contributed by atoms with van der Waals surface area (Å²) in [5, 5.41) is 3.96. The number of aromatic amines is 1. The van der Waals surface area contributed by atoms with Crippen LogP contribution in [0, 0.1) is 20.8 Å². The van der Waals surface area contributed by atoms with Crippen LogP contribution in [0.2, 0.25) is 0 Å². The lowest BCUT2D eigenvalue weighted by molar-refractivity contribution is -0.124. The summed E-state index contributed by atoms with van der Waals surface area (Å²) in [5.41, 5.74) is 5.57. The summed E-state index contributed by atoms with van der Waals surface area (Å²) < 4.78 is 5.19. The van der Waals surface area contributed by atoms with Crippen LogP contribution in [0.3, 0.4) is 0 Å². The zero-order valence-electron chi connectivity index (χ0n) is 15.9. The van der Waals surface area contributed by atoms with Crippen molar-refractivity contribution < 1.29 is 14.3 Å². The van der Waals surface area contributed by atoms with Crippen LogP contribution < -0.4 is 5.32 Å². The smallest absolute Gasteiger partial charge is 0.339 e. The van der Waals surface area contributed by atoms with Crippen molar-refractivity contribution in [3.63, 3.8) is 0 Å². The minimum absolute atomic E-state index is 0.278. The highest BCUT2D eigenvalue weighted by molar-refractivity contribution is 5.94. The number of carbonyl (C=O) groups excluding carboxylic acids is 2. The van der Waals surface area contributed by atoms with Crippen molar-refractivity contribution in [2.24, 2.45) is 0 Å². The van der Waals surface area contributed by atoms with Gasteiger partial charge < -0.3 is 15.0 Å². The third-order valence-electron chi connectivity index (χ3n) is 4.61. The lowest BCUT2D eigenvalue weighted by Crippen LogP contribution is -2.30. The summed E-state index contributed by atoms with van der Waals surface area (Å²) in [6.07, 6.45) is 2.67. The molecule has 0 unspecified atom stereocenters. The molecule has 0 aliphatic heterocycles. The summed E-state index contributed by atoms with van der Waals surface area (Å²) in [4.78, 5) is 27.5. The number of amides is 1. The molecule has 0 fully saturated rings. The molecule has 0 atom stereocenters. The molecule has 2 aromatic carbocycles. The van der Waals surface area contributed by atoms with Gasteiger partial charge in [-0.1, -0.05) is 35.9 Å². The monoisotopic (exact) mass is 364 g/mol. The topological polar surface area (TPSA) is 71.2 Å². The number of rotatable bonds is 6. The van der Waals surface area contributed by atoms with Gasteiger partial charge in [0, 0.05) is 23.6 Å². The van der Waals surface area contributed by atoms with E-state index in [0.29, 0.717) is 18.5 Å². The van der Waals surface area contributed by atoms with Crippen molar-refractivity contribution in [1.29, 1.82) is 0 Å². The molecule has 27 heavy (non-hydrogen) atoms. The number of hydrogen-bond donors (Lipinski definition) is 2. The number of fused-ring (bicyclic) bond motifs is 1. The molecule has 0 saturated heterocycles. The first-order valence-electron chi connectivity index (χ1n) is 9.02. The Bertz CT molecular complexity index is 965. The summed E-state index contributed by atoms with van der Waals surface area (Å²) in [7, 11) is 0. The van der Waals surface area contributed by atoms with Crippen molar-refractivity contribution in [2.45, 2.75) is 27.2 Å². The van der Waals surface area contributed by atoms with Crippen LogP contribution in [-0.4, -0.2) is 30.0 Å². The molecule has 5 nitrogen and oxygen atoms in total. The van der Waals surface area contributed by atoms with Gasteiger partial charge in [0.1, 0.15) is 0 Å². The van der Waals surface area contributed by atoms with Gasteiger partial charge >= 0.3 is 5.97 Å². The van der Waals surface area contributed by atoms with E-state index in [-0.39, 0.29) is 12.5 Å². The third kappa shape index (κ3) is 4.37. The number of carbonyl (C=O) groups is 2. The van der Waals surface area contributed by atoms with Crippen molar-refractivity contribution in [1.82, 2.24) is 10.3 Å². The van der Waals surface area contributed by atoms with Gasteiger partial charge in [0.05, 0.1) is 5.56 Å². The lowest BCUT2D eigenvalue weighted by atomic mass is 10.00. The zero-order valence-corrected chi connectivity index (χ0v) is 15.9. The highest BCUT2D eigenvalue weighted by Crippen LogP contribution is 2.18. The number of para-hydroxylation sites is 1. The van der Waals surface area contributed by atoms with Gasteiger partial charge in [0.2, 0.25) is 0 Å². The Morgan fingerprint density at radius 3 is 2.52 bits per heavy atom. The average molecular weight is 364 g/mol. The minimum atomic E-state index is -0.461. The summed E-state index contributed by atoms with van der Waals surface area (Å²) in [5.74, 6) is -0.762. The predicted octanol–water partition coefficient (Wildman–Crippen LogP) is 3.61. The summed E-state index contributed by atoms with van der Waals surface area (Å²) in [6.45, 7) is 5.94. The van der Waals surface area contributed by atoms with Crippen LogP contribution >= 0.6 is 0 Å². The number of aryl methyl sites for hydroxylation is 3. The molecule has 3 aromatic rings. The second-order valence-corrected chi connectivity index (χ2v) is 6.81. The van der Waals surface area contributed by atoms with Gasteiger partial charge in [0.25, 0.3) is 5.91 Å². The molecule has 1 amide bonds. The highest BCUT2D eigenvalue weighted by Gasteiger charge is 2.15. The fourth-order valence-electron chi connectivity index (χ4n) is 3.43. The standard InChI is InChI=1S/C22H24N2O3/c1-14-10-15(2)21(16(3)11-14)22(26)27-13-20(25)23-9-8-17-12-24-19-7-5-4-6-18(17)19/h4-7,10-12,24H,8-9,13H2,1-3H3,(H,23,25). The third-order valence-corrected chi connectivity index (χ3v) is 4.61. The number of esters is 1.